The van der Waals surface area contributed by atoms with Crippen LogP contribution in [0.15, 0.2) is 11.3 Å². The molecule has 0 aromatic heterocycles. The molecular weight excluding hydrogens is 448 g/mol. The maximum atomic E-state index is 12.9. The average molecular weight is 474 g/mol. The first-order valence-corrected chi connectivity index (χ1v) is 10.8. The molecule has 0 saturated carbocycles. The van der Waals surface area contributed by atoms with Crippen molar-refractivity contribution in [2.24, 2.45) is 11.5 Å². The molecule has 0 aromatic rings. The number of methoxy groups -OCH3 is 1. The molecule has 1 saturated heterocycles. The molecule has 2 heterocycles. The van der Waals surface area contributed by atoms with Gasteiger partial charge < -0.3 is 36.5 Å². The van der Waals surface area contributed by atoms with Crippen molar-refractivity contribution < 1.29 is 43.7 Å². The molecule has 32 heavy (non-hydrogen) atoms. The SMILES string of the molecule is COC1(NC(=O)CCCCCC(N)C(=O)O)C(=O)N2C(C(=O)O)=C(COC(N)=O)CSC21. The zero-order valence-corrected chi connectivity index (χ0v) is 18.2. The monoisotopic (exact) mass is 474 g/mol. The molecule has 0 aromatic carbocycles. The predicted octanol–water partition coefficient (Wildman–Crippen LogP) is -0.843. The lowest BCUT2D eigenvalue weighted by Gasteiger charge is -2.55. The Morgan fingerprint density at radius 3 is 2.53 bits per heavy atom. The molecule has 3 amide bonds. The van der Waals surface area contributed by atoms with E-state index in [1.807, 2.05) is 0 Å². The number of carbonyl (C=O) groups excluding carboxylic acids is 3. The van der Waals surface area contributed by atoms with Crippen molar-refractivity contribution in [2.45, 2.75) is 49.2 Å². The first-order valence-electron chi connectivity index (χ1n) is 9.72. The molecule has 1 fully saturated rings. The van der Waals surface area contributed by atoms with E-state index in [-0.39, 0.29) is 36.5 Å². The van der Waals surface area contributed by atoms with Crippen molar-refractivity contribution in [2.75, 3.05) is 19.5 Å². The highest BCUT2D eigenvalue weighted by Crippen LogP contribution is 2.46. The Hall–Kier alpha value is -2.84. The summed E-state index contributed by atoms with van der Waals surface area (Å²) in [5.41, 5.74) is 8.49. The summed E-state index contributed by atoms with van der Waals surface area (Å²) in [6.45, 7) is -0.377. The molecule has 2 rings (SSSR count). The Bertz CT molecular complexity index is 833. The summed E-state index contributed by atoms with van der Waals surface area (Å²) in [5, 5.41) is 20.1. The van der Waals surface area contributed by atoms with Crippen LogP contribution in [0, 0.1) is 0 Å². The highest BCUT2D eigenvalue weighted by molar-refractivity contribution is 8.00. The zero-order chi connectivity index (χ0) is 24.1. The molecule has 2 aliphatic heterocycles. The van der Waals surface area contributed by atoms with E-state index in [4.69, 9.17) is 21.3 Å². The van der Waals surface area contributed by atoms with Crippen molar-refractivity contribution in [3.8, 4) is 0 Å². The Morgan fingerprint density at radius 2 is 1.97 bits per heavy atom. The Labute approximate surface area is 187 Å². The highest BCUT2D eigenvalue weighted by Gasteiger charge is 2.66. The number of aliphatic carboxylic acids is 2. The van der Waals surface area contributed by atoms with E-state index in [1.54, 1.807) is 0 Å². The number of thioether (sulfide) groups is 1. The van der Waals surface area contributed by atoms with Gasteiger partial charge in [-0.3, -0.25) is 19.3 Å². The number of carboxylic acids is 2. The minimum Gasteiger partial charge on any atom is -0.480 e. The van der Waals surface area contributed by atoms with Gasteiger partial charge in [0.15, 0.2) is 0 Å². The van der Waals surface area contributed by atoms with E-state index < -0.39 is 47.0 Å². The molecule has 3 atom stereocenters. The fraction of sp³-hybridized carbons (Fsp3) is 0.611. The Balaban J connectivity index is 1.99. The quantitative estimate of drug-likeness (QED) is 0.134. The molecule has 0 spiro atoms. The first-order chi connectivity index (χ1) is 15.0. The van der Waals surface area contributed by atoms with Gasteiger partial charge >= 0.3 is 18.0 Å². The summed E-state index contributed by atoms with van der Waals surface area (Å²) in [6, 6.07) is -0.947. The Kier molecular flexibility index (Phi) is 8.46. The number of rotatable bonds is 12. The second-order valence-electron chi connectivity index (χ2n) is 7.24. The molecule has 13 nitrogen and oxygen atoms in total. The number of β-lactam (4-membered cyclic amide) rings is 1. The third-order valence-corrected chi connectivity index (χ3v) is 6.46. The summed E-state index contributed by atoms with van der Waals surface area (Å²) in [4.78, 5) is 59.6. The molecule has 178 valence electrons. The fourth-order valence-corrected chi connectivity index (χ4v) is 4.85. The number of primary amides is 1. The topological polar surface area (TPSA) is 212 Å². The lowest BCUT2D eigenvalue weighted by atomic mass is 9.97. The van der Waals surface area contributed by atoms with Gasteiger partial charge in [-0.2, -0.15) is 0 Å². The van der Waals surface area contributed by atoms with Crippen LogP contribution in [0.25, 0.3) is 0 Å². The first kappa shape index (κ1) is 25.4. The number of hydrogen-bond acceptors (Lipinski definition) is 9. The number of nitrogens with one attached hydrogen (secondary N) is 1. The normalized spacial score (nSPS) is 23.1. The number of ether oxygens (including phenoxy) is 2. The third kappa shape index (κ3) is 5.31. The minimum absolute atomic E-state index is 0.0669. The van der Waals surface area contributed by atoms with Crippen LogP contribution < -0.4 is 16.8 Å². The van der Waals surface area contributed by atoms with Gasteiger partial charge in [-0.05, 0) is 12.8 Å². The molecule has 3 unspecified atom stereocenters. The fourth-order valence-electron chi connectivity index (χ4n) is 3.43. The van der Waals surface area contributed by atoms with Crippen molar-refractivity contribution in [1.82, 2.24) is 10.2 Å². The van der Waals surface area contributed by atoms with Crippen molar-refractivity contribution in [3.63, 3.8) is 0 Å². The number of unbranched alkanes of at least 4 members (excludes halogenated alkanes) is 2. The number of carbonyl (C=O) groups is 5. The lowest BCUT2D eigenvalue weighted by Crippen LogP contribution is -2.80. The number of hydrogen-bond donors (Lipinski definition) is 5. The number of nitrogens with zero attached hydrogens (tertiary/aromatic N) is 1. The summed E-state index contributed by atoms with van der Waals surface area (Å²) in [5.74, 6) is -3.57. The molecular formula is C18H26N4O9S. The lowest BCUT2D eigenvalue weighted by molar-refractivity contribution is -0.192. The smallest absolute Gasteiger partial charge is 0.404 e. The number of nitrogens with two attached hydrogens (primary N) is 2. The standard InChI is InChI=1S/C18H26N4O9S/c1-30-18(21-11(23)6-4-2-3-5-10(19)13(24)25)15(28)22-12(14(26)27)9(7-31-17(20)29)8-32-16(18)22/h10,16H,2-8,19H2,1H3,(H2,20,29)(H,21,23)(H,24,25)(H,26,27). The van der Waals surface area contributed by atoms with Crippen LogP contribution in [-0.2, 0) is 28.7 Å². The predicted molar refractivity (Wildman–Crippen MR) is 110 cm³/mol. The molecule has 14 heteroatoms. The maximum absolute atomic E-state index is 12.9. The summed E-state index contributed by atoms with van der Waals surface area (Å²) < 4.78 is 9.99. The second kappa shape index (κ2) is 10.7. The largest absolute Gasteiger partial charge is 0.480 e. The van der Waals surface area contributed by atoms with Gasteiger partial charge in [-0.25, -0.2) is 9.59 Å². The van der Waals surface area contributed by atoms with Crippen LogP contribution in [0.1, 0.15) is 32.1 Å². The molecule has 7 N–H and O–H groups in total. The van der Waals surface area contributed by atoms with Gasteiger partial charge in [0.2, 0.25) is 5.91 Å². The van der Waals surface area contributed by atoms with E-state index in [0.717, 1.165) is 16.7 Å². The van der Waals surface area contributed by atoms with Crippen molar-refractivity contribution in [3.05, 3.63) is 11.3 Å². The van der Waals surface area contributed by atoms with Crippen LogP contribution in [0.4, 0.5) is 4.79 Å². The van der Waals surface area contributed by atoms with Gasteiger partial charge in [-0.15, -0.1) is 11.8 Å². The second-order valence-corrected chi connectivity index (χ2v) is 8.30. The number of fused-ring (bicyclic) bond motifs is 1. The average Bonchev–Trinajstić information content (AvgIpc) is 2.74. The van der Waals surface area contributed by atoms with Gasteiger partial charge in [0.05, 0.1) is 0 Å². The van der Waals surface area contributed by atoms with Gasteiger partial charge in [0.1, 0.15) is 23.7 Å². The highest BCUT2D eigenvalue weighted by atomic mass is 32.2. The van der Waals surface area contributed by atoms with Crippen molar-refractivity contribution >= 4 is 41.6 Å². The third-order valence-electron chi connectivity index (χ3n) is 5.08. The van der Waals surface area contributed by atoms with Crippen LogP contribution in [0.5, 0.6) is 0 Å². The molecule has 0 bridgehead atoms. The van der Waals surface area contributed by atoms with E-state index in [1.165, 1.54) is 7.11 Å². The van der Waals surface area contributed by atoms with Crippen LogP contribution in [0.3, 0.4) is 0 Å². The summed E-state index contributed by atoms with van der Waals surface area (Å²) >= 11 is 1.15. The van der Waals surface area contributed by atoms with Crippen LogP contribution in [-0.4, -0.2) is 81.6 Å². The van der Waals surface area contributed by atoms with E-state index >= 15 is 0 Å². The van der Waals surface area contributed by atoms with Crippen LogP contribution in [0.2, 0.25) is 0 Å². The van der Waals surface area contributed by atoms with Gasteiger partial charge in [0.25, 0.3) is 11.6 Å². The van der Waals surface area contributed by atoms with E-state index in [0.29, 0.717) is 19.3 Å². The van der Waals surface area contributed by atoms with Gasteiger partial charge in [0, 0.05) is 24.9 Å². The van der Waals surface area contributed by atoms with Gasteiger partial charge in [-0.1, -0.05) is 12.8 Å². The summed E-state index contributed by atoms with van der Waals surface area (Å²) in [7, 11) is 1.24. The maximum Gasteiger partial charge on any atom is 0.404 e. The Morgan fingerprint density at radius 1 is 1.28 bits per heavy atom. The number of amides is 3. The number of carboxylic acid groups (broad SMARTS) is 2. The zero-order valence-electron chi connectivity index (χ0n) is 17.4. The van der Waals surface area contributed by atoms with Crippen molar-refractivity contribution in [1.29, 1.82) is 0 Å². The minimum atomic E-state index is -1.72. The van der Waals surface area contributed by atoms with E-state index in [9.17, 15) is 29.1 Å². The molecule has 0 radical (unpaired) electrons. The molecule has 0 aliphatic carbocycles. The summed E-state index contributed by atoms with van der Waals surface area (Å²) in [6.07, 6.45) is 0.830. The van der Waals surface area contributed by atoms with Crippen LogP contribution >= 0.6 is 11.8 Å². The molecule has 2 aliphatic rings. The van der Waals surface area contributed by atoms with E-state index in [2.05, 4.69) is 10.1 Å².